The first-order valence-electron chi connectivity index (χ1n) is 20.1. The molecule has 14 atom stereocenters. The Morgan fingerprint density at radius 2 is 0.667 bits per heavy atom. The Balaban J connectivity index is 2.13. The first-order valence-corrected chi connectivity index (χ1v) is 20.1. The Bertz CT molecular complexity index is 789. The second kappa shape index (κ2) is 21.3. The molecule has 8 heteroatoms. The fourth-order valence-electron chi connectivity index (χ4n) is 10.3. The maximum Gasteiger partial charge on any atom is 0.154 e. The van der Waals surface area contributed by atoms with E-state index in [9.17, 15) is 20.4 Å². The van der Waals surface area contributed by atoms with Crippen molar-refractivity contribution in [2.24, 2.45) is 59.2 Å². The van der Waals surface area contributed by atoms with E-state index >= 15 is 0 Å². The highest BCUT2D eigenvalue weighted by Crippen LogP contribution is 2.49. The number of aliphatic hydroxyl groups excluding tert-OH is 2. The number of hydrogen-bond donors (Lipinski definition) is 4. The lowest BCUT2D eigenvalue weighted by molar-refractivity contribution is -0.162. The summed E-state index contributed by atoms with van der Waals surface area (Å²) >= 11 is 0. The fourth-order valence-corrected chi connectivity index (χ4v) is 10.3. The molecule has 3 aliphatic carbocycles. The summed E-state index contributed by atoms with van der Waals surface area (Å²) in [5.41, 5.74) is 0. The van der Waals surface area contributed by atoms with Crippen LogP contribution in [0.3, 0.4) is 0 Å². The second-order valence-electron chi connectivity index (χ2n) is 16.5. The molecule has 0 heterocycles. The van der Waals surface area contributed by atoms with Crippen molar-refractivity contribution in [3.8, 4) is 0 Å². The third-order valence-electron chi connectivity index (χ3n) is 12.1. The van der Waals surface area contributed by atoms with Crippen LogP contribution in [-0.2, 0) is 18.9 Å². The molecule has 284 valence electrons. The minimum absolute atomic E-state index is 0.00631. The van der Waals surface area contributed by atoms with Gasteiger partial charge in [0.25, 0.3) is 0 Å². The third-order valence-corrected chi connectivity index (χ3v) is 12.1. The Morgan fingerprint density at radius 3 is 0.958 bits per heavy atom. The maximum atomic E-state index is 10.6. The zero-order chi connectivity index (χ0) is 35.4. The van der Waals surface area contributed by atoms with Crippen LogP contribution >= 0.6 is 0 Å². The van der Waals surface area contributed by atoms with E-state index in [1.54, 1.807) is 0 Å². The van der Waals surface area contributed by atoms with Gasteiger partial charge in [-0.3, -0.25) is 0 Å². The molecule has 0 aliphatic heterocycles. The Morgan fingerprint density at radius 1 is 0.396 bits per heavy atom. The SMILES string of the molecule is CCCOC1C(C)CC(C)C(OCCC)C(C)CC2CC(C(O)O)CC(CC3CC(C(O)O)CC(CC1C)C3OCCC)C2OCCC. The van der Waals surface area contributed by atoms with E-state index in [2.05, 4.69) is 55.4 Å². The summed E-state index contributed by atoms with van der Waals surface area (Å²) in [7, 11) is 0. The molecule has 3 saturated carbocycles. The average molecular weight is 685 g/mol. The van der Waals surface area contributed by atoms with Crippen molar-refractivity contribution in [1.29, 1.82) is 0 Å². The summed E-state index contributed by atoms with van der Waals surface area (Å²) in [4.78, 5) is 0. The van der Waals surface area contributed by atoms with Crippen LogP contribution in [0.15, 0.2) is 0 Å². The normalized spacial score (nSPS) is 40.4. The highest BCUT2D eigenvalue weighted by molar-refractivity contribution is 4.96. The number of aliphatic hydroxyl groups is 4. The van der Waals surface area contributed by atoms with E-state index in [1.165, 1.54) is 0 Å². The quantitative estimate of drug-likeness (QED) is 0.142. The minimum atomic E-state index is -1.37. The van der Waals surface area contributed by atoms with Gasteiger partial charge >= 0.3 is 0 Å². The van der Waals surface area contributed by atoms with E-state index in [0.29, 0.717) is 37.9 Å². The lowest BCUT2D eigenvalue weighted by atomic mass is 9.62. The van der Waals surface area contributed by atoms with E-state index in [4.69, 9.17) is 18.9 Å². The zero-order valence-electron chi connectivity index (χ0n) is 32.0. The predicted octanol–water partition coefficient (Wildman–Crippen LogP) is 7.19. The molecule has 0 amide bonds. The molecule has 3 fully saturated rings. The van der Waals surface area contributed by atoms with Gasteiger partial charge in [-0.25, -0.2) is 0 Å². The molecule has 14 unspecified atom stereocenters. The average Bonchev–Trinajstić information content (AvgIpc) is 3.03. The molecule has 4 bridgehead atoms. The van der Waals surface area contributed by atoms with Gasteiger partial charge in [0.05, 0.1) is 24.4 Å². The van der Waals surface area contributed by atoms with Crippen LogP contribution in [0.4, 0.5) is 0 Å². The largest absolute Gasteiger partial charge is 0.378 e. The van der Waals surface area contributed by atoms with Gasteiger partial charge < -0.3 is 39.4 Å². The molecule has 0 radical (unpaired) electrons. The molecular weight excluding hydrogens is 608 g/mol. The Hall–Kier alpha value is -0.320. The van der Waals surface area contributed by atoms with Gasteiger partial charge in [-0.2, -0.15) is 0 Å². The molecule has 8 nitrogen and oxygen atoms in total. The molecule has 3 aliphatic rings. The Kier molecular flexibility index (Phi) is 18.6. The zero-order valence-corrected chi connectivity index (χ0v) is 32.0. The van der Waals surface area contributed by atoms with Gasteiger partial charge in [-0.15, -0.1) is 0 Å². The van der Waals surface area contributed by atoms with Gasteiger partial charge in [-0.1, -0.05) is 55.4 Å². The van der Waals surface area contributed by atoms with Crippen LogP contribution in [0.5, 0.6) is 0 Å². The van der Waals surface area contributed by atoms with E-state index in [0.717, 1.165) is 77.4 Å². The maximum absolute atomic E-state index is 10.6. The summed E-state index contributed by atoms with van der Waals surface area (Å²) in [6.45, 7) is 20.8. The van der Waals surface area contributed by atoms with E-state index in [-0.39, 0.29) is 71.8 Å². The van der Waals surface area contributed by atoms with E-state index < -0.39 is 12.6 Å². The molecule has 0 aromatic rings. The molecule has 0 saturated heterocycles. The topological polar surface area (TPSA) is 118 Å². The first-order chi connectivity index (χ1) is 22.9. The van der Waals surface area contributed by atoms with Crippen molar-refractivity contribution in [3.63, 3.8) is 0 Å². The van der Waals surface area contributed by atoms with Crippen LogP contribution in [0.2, 0.25) is 0 Å². The monoisotopic (exact) mass is 685 g/mol. The predicted molar refractivity (Wildman–Crippen MR) is 191 cm³/mol. The number of ether oxygens (including phenoxy) is 4. The second-order valence-corrected chi connectivity index (χ2v) is 16.5. The highest BCUT2D eigenvalue weighted by Gasteiger charge is 2.47. The molecule has 0 aromatic carbocycles. The van der Waals surface area contributed by atoms with E-state index in [1.807, 2.05) is 0 Å². The number of rotatable bonds is 14. The van der Waals surface area contributed by atoms with Crippen molar-refractivity contribution in [2.75, 3.05) is 26.4 Å². The Labute approximate surface area is 294 Å². The molecule has 0 spiro atoms. The van der Waals surface area contributed by atoms with Crippen LogP contribution in [0.1, 0.15) is 132 Å². The highest BCUT2D eigenvalue weighted by atomic mass is 16.5. The van der Waals surface area contributed by atoms with Gasteiger partial charge in [-0.05, 0) is 124 Å². The molecular formula is C40H76O8. The van der Waals surface area contributed by atoms with Crippen molar-refractivity contribution in [1.82, 2.24) is 0 Å². The minimum Gasteiger partial charge on any atom is -0.378 e. The lowest BCUT2D eigenvalue weighted by Crippen LogP contribution is -2.49. The number of fused-ring (bicyclic) bond motifs is 4. The number of hydrogen-bond acceptors (Lipinski definition) is 8. The van der Waals surface area contributed by atoms with Crippen LogP contribution in [0.25, 0.3) is 0 Å². The third kappa shape index (κ3) is 11.9. The molecule has 48 heavy (non-hydrogen) atoms. The first kappa shape index (κ1) is 42.1. The van der Waals surface area contributed by atoms with Crippen molar-refractivity contribution in [2.45, 2.75) is 169 Å². The van der Waals surface area contributed by atoms with Crippen molar-refractivity contribution >= 4 is 0 Å². The summed E-state index contributed by atoms with van der Waals surface area (Å²) in [5.74, 6) is 1.39. The smallest absolute Gasteiger partial charge is 0.154 e. The van der Waals surface area contributed by atoms with Crippen molar-refractivity contribution < 1.29 is 39.4 Å². The summed E-state index contributed by atoms with van der Waals surface area (Å²) in [6.07, 6.45) is 7.78. The van der Waals surface area contributed by atoms with Crippen LogP contribution in [-0.4, -0.2) is 83.8 Å². The molecule has 3 rings (SSSR count). The van der Waals surface area contributed by atoms with Gasteiger partial charge in [0.2, 0.25) is 0 Å². The standard InChI is InChI=1S/C40H76O8/c1-9-13-45-35-25(5)17-26(6)36(46-14-10-2)28(8)19-30-22-34(40(43)44)24-32(38(30)48-16-12-4)20-31-23-33(39(41)42)21-29(18-27(35)7)37(31)47-15-11-3/h25-44H,9-24H2,1-8H3. The molecule has 4 N–H and O–H groups in total. The van der Waals surface area contributed by atoms with Crippen LogP contribution in [0, 0.1) is 59.2 Å². The summed E-state index contributed by atoms with van der Waals surface area (Å²) in [5, 5.41) is 42.4. The van der Waals surface area contributed by atoms with Crippen molar-refractivity contribution in [3.05, 3.63) is 0 Å². The van der Waals surface area contributed by atoms with Gasteiger partial charge in [0.15, 0.2) is 12.6 Å². The van der Waals surface area contributed by atoms with Gasteiger partial charge in [0, 0.05) is 38.3 Å². The lowest BCUT2D eigenvalue weighted by Gasteiger charge is -2.49. The summed E-state index contributed by atoms with van der Waals surface area (Å²) in [6, 6.07) is 0. The summed E-state index contributed by atoms with van der Waals surface area (Å²) < 4.78 is 26.9. The fraction of sp³-hybridized carbons (Fsp3) is 1.00. The van der Waals surface area contributed by atoms with Gasteiger partial charge in [0.1, 0.15) is 0 Å². The molecule has 0 aromatic heterocycles. The van der Waals surface area contributed by atoms with Crippen LogP contribution < -0.4 is 0 Å².